The second kappa shape index (κ2) is 5.60. The zero-order chi connectivity index (χ0) is 13.8. The maximum atomic E-state index is 12.6. The molecule has 2 aromatic rings. The molecule has 2 N–H and O–H groups in total. The van der Waals surface area contributed by atoms with E-state index in [1.54, 1.807) is 29.2 Å². The number of carbonyl (C=O) groups is 1. The Kier molecular flexibility index (Phi) is 3.89. The lowest BCUT2D eigenvalue weighted by molar-refractivity contribution is -0.118. The van der Waals surface area contributed by atoms with Crippen LogP contribution in [0.5, 0.6) is 0 Å². The first-order chi connectivity index (χ1) is 9.06. The zero-order valence-electron chi connectivity index (χ0n) is 10.1. The molecular formula is C13H13F2N3O. The normalized spacial score (nSPS) is 10.9. The summed E-state index contributed by atoms with van der Waals surface area (Å²) < 4.78 is 26.8. The molecule has 2 rings (SSSR count). The van der Waals surface area contributed by atoms with Crippen LogP contribution in [0.3, 0.4) is 0 Å². The molecule has 1 heterocycles. The number of nitrogens with two attached hydrogens (primary N) is 1. The van der Waals surface area contributed by atoms with E-state index in [1.165, 1.54) is 12.1 Å². The number of nitrogens with zero attached hydrogens (tertiary/aromatic N) is 2. The molecule has 0 saturated carbocycles. The Morgan fingerprint density at radius 1 is 1.37 bits per heavy atom. The molecule has 0 bridgehead atoms. The van der Waals surface area contributed by atoms with E-state index < -0.39 is 12.3 Å². The third-order valence-corrected chi connectivity index (χ3v) is 2.69. The molecule has 0 aliphatic carbocycles. The maximum Gasteiger partial charge on any atom is 0.263 e. The molecule has 0 spiro atoms. The molecule has 1 aromatic heterocycles. The molecule has 100 valence electrons. The fourth-order valence-corrected chi connectivity index (χ4v) is 1.71. The Morgan fingerprint density at radius 2 is 2.16 bits per heavy atom. The molecule has 6 heteroatoms. The van der Waals surface area contributed by atoms with Crippen LogP contribution >= 0.6 is 0 Å². The van der Waals surface area contributed by atoms with Crippen molar-refractivity contribution in [3.05, 3.63) is 42.2 Å². The summed E-state index contributed by atoms with van der Waals surface area (Å²) in [6.45, 7) is 0.379. The van der Waals surface area contributed by atoms with Crippen molar-refractivity contribution in [3.63, 3.8) is 0 Å². The minimum Gasteiger partial charge on any atom is -0.370 e. The molecular weight excluding hydrogens is 252 g/mol. The largest absolute Gasteiger partial charge is 0.370 e. The molecule has 0 unspecified atom stereocenters. The Hall–Kier alpha value is -2.24. The first-order valence-corrected chi connectivity index (χ1v) is 5.75. The van der Waals surface area contributed by atoms with Crippen molar-refractivity contribution in [2.45, 2.75) is 19.4 Å². The molecule has 0 radical (unpaired) electrons. The fourth-order valence-electron chi connectivity index (χ4n) is 1.71. The highest BCUT2D eigenvalue weighted by Gasteiger charge is 2.09. The van der Waals surface area contributed by atoms with Gasteiger partial charge in [-0.2, -0.15) is 5.10 Å². The van der Waals surface area contributed by atoms with Gasteiger partial charge in [-0.1, -0.05) is 18.2 Å². The minimum atomic E-state index is -2.50. The number of hydrogen-bond donors (Lipinski definition) is 1. The molecule has 0 aliphatic rings. The summed E-state index contributed by atoms with van der Waals surface area (Å²) in [6.07, 6.45) is 0.974. The molecule has 0 aliphatic heterocycles. The van der Waals surface area contributed by atoms with E-state index in [1.807, 2.05) is 0 Å². The number of benzene rings is 1. The van der Waals surface area contributed by atoms with Crippen LogP contribution in [0.15, 0.2) is 36.7 Å². The number of alkyl halides is 2. The predicted molar refractivity (Wildman–Crippen MR) is 66.4 cm³/mol. The van der Waals surface area contributed by atoms with Crippen LogP contribution < -0.4 is 5.73 Å². The summed E-state index contributed by atoms with van der Waals surface area (Å²) in [5.74, 6) is -0.406. The summed E-state index contributed by atoms with van der Waals surface area (Å²) >= 11 is 0. The van der Waals surface area contributed by atoms with Crippen LogP contribution in [0.4, 0.5) is 8.78 Å². The SMILES string of the molecule is NC(=O)CCn1cc(-c2cccc(C(F)F)c2)cn1. The number of aromatic nitrogens is 2. The number of amides is 1. The standard InChI is InChI=1S/C13H13F2N3O/c14-13(15)10-3-1-2-9(6-10)11-7-17-18(8-11)5-4-12(16)19/h1-3,6-8,13H,4-5H2,(H2,16,19). The van der Waals surface area contributed by atoms with Crippen molar-refractivity contribution in [1.29, 1.82) is 0 Å². The average molecular weight is 265 g/mol. The molecule has 0 fully saturated rings. The number of primary amides is 1. The Balaban J connectivity index is 2.18. The van der Waals surface area contributed by atoms with Gasteiger partial charge in [0.1, 0.15) is 0 Å². The van der Waals surface area contributed by atoms with Gasteiger partial charge < -0.3 is 5.73 Å². The van der Waals surface area contributed by atoms with Crippen LogP contribution in [0, 0.1) is 0 Å². The van der Waals surface area contributed by atoms with Gasteiger partial charge in [-0.15, -0.1) is 0 Å². The molecule has 1 amide bonds. The van der Waals surface area contributed by atoms with E-state index >= 15 is 0 Å². The number of rotatable bonds is 5. The van der Waals surface area contributed by atoms with E-state index in [0.29, 0.717) is 12.1 Å². The second-order valence-corrected chi connectivity index (χ2v) is 4.13. The van der Waals surface area contributed by atoms with Crippen LogP contribution in [-0.2, 0) is 11.3 Å². The highest BCUT2D eigenvalue weighted by atomic mass is 19.3. The molecule has 0 atom stereocenters. The number of carbonyl (C=O) groups excluding carboxylic acids is 1. The van der Waals surface area contributed by atoms with Crippen molar-refractivity contribution in [2.75, 3.05) is 0 Å². The van der Waals surface area contributed by atoms with Crippen LogP contribution in [0.25, 0.3) is 11.1 Å². The smallest absolute Gasteiger partial charge is 0.263 e. The van der Waals surface area contributed by atoms with E-state index in [0.717, 1.165) is 5.56 Å². The summed E-state index contributed by atoms with van der Waals surface area (Å²) in [4.78, 5) is 10.7. The van der Waals surface area contributed by atoms with Crippen molar-refractivity contribution in [1.82, 2.24) is 9.78 Å². The highest BCUT2D eigenvalue weighted by Crippen LogP contribution is 2.25. The second-order valence-electron chi connectivity index (χ2n) is 4.13. The van der Waals surface area contributed by atoms with Gasteiger partial charge in [0.05, 0.1) is 6.20 Å². The lowest BCUT2D eigenvalue weighted by Gasteiger charge is -2.02. The number of aryl methyl sites for hydroxylation is 1. The average Bonchev–Trinajstić information content (AvgIpc) is 2.85. The van der Waals surface area contributed by atoms with Crippen molar-refractivity contribution >= 4 is 5.91 Å². The Morgan fingerprint density at radius 3 is 2.84 bits per heavy atom. The number of hydrogen-bond acceptors (Lipinski definition) is 2. The topological polar surface area (TPSA) is 60.9 Å². The van der Waals surface area contributed by atoms with Gasteiger partial charge in [0.25, 0.3) is 6.43 Å². The first kappa shape index (κ1) is 13.2. The van der Waals surface area contributed by atoms with Gasteiger partial charge in [0.2, 0.25) is 5.91 Å². The van der Waals surface area contributed by atoms with Gasteiger partial charge in [0.15, 0.2) is 0 Å². The monoisotopic (exact) mass is 265 g/mol. The van der Waals surface area contributed by atoms with Crippen LogP contribution in [0.2, 0.25) is 0 Å². The predicted octanol–water partition coefficient (Wildman–Crippen LogP) is 2.36. The third kappa shape index (κ3) is 3.37. The molecule has 4 nitrogen and oxygen atoms in total. The Bertz CT molecular complexity index is 581. The van der Waals surface area contributed by atoms with E-state index in [9.17, 15) is 13.6 Å². The van der Waals surface area contributed by atoms with Crippen molar-refractivity contribution < 1.29 is 13.6 Å². The van der Waals surface area contributed by atoms with Crippen LogP contribution in [0.1, 0.15) is 18.4 Å². The fraction of sp³-hybridized carbons (Fsp3) is 0.231. The first-order valence-electron chi connectivity index (χ1n) is 5.75. The summed E-state index contributed by atoms with van der Waals surface area (Å²) in [5, 5.41) is 4.06. The van der Waals surface area contributed by atoms with Crippen molar-refractivity contribution in [2.24, 2.45) is 5.73 Å². The van der Waals surface area contributed by atoms with E-state index in [2.05, 4.69) is 5.10 Å². The highest BCUT2D eigenvalue weighted by molar-refractivity contribution is 5.73. The van der Waals surface area contributed by atoms with Gasteiger partial charge in [-0.3, -0.25) is 9.48 Å². The summed E-state index contributed by atoms with van der Waals surface area (Å²) in [7, 11) is 0. The molecule has 19 heavy (non-hydrogen) atoms. The lowest BCUT2D eigenvalue weighted by atomic mass is 10.1. The third-order valence-electron chi connectivity index (χ3n) is 2.69. The van der Waals surface area contributed by atoms with Crippen molar-refractivity contribution in [3.8, 4) is 11.1 Å². The molecule has 0 saturated heterocycles. The number of halogens is 2. The lowest BCUT2D eigenvalue weighted by Crippen LogP contribution is -2.13. The Labute approximate surface area is 108 Å². The van der Waals surface area contributed by atoms with E-state index in [4.69, 9.17) is 5.73 Å². The summed E-state index contributed by atoms with van der Waals surface area (Å²) in [5.41, 5.74) is 6.42. The van der Waals surface area contributed by atoms with Gasteiger partial charge >= 0.3 is 0 Å². The molecule has 1 aromatic carbocycles. The van der Waals surface area contributed by atoms with Gasteiger partial charge in [-0.05, 0) is 11.6 Å². The minimum absolute atomic E-state index is 0.0256. The van der Waals surface area contributed by atoms with Crippen LogP contribution in [-0.4, -0.2) is 15.7 Å². The van der Waals surface area contributed by atoms with E-state index in [-0.39, 0.29) is 12.0 Å². The quantitative estimate of drug-likeness (QED) is 0.902. The van der Waals surface area contributed by atoms with Gasteiger partial charge in [0, 0.05) is 30.3 Å². The van der Waals surface area contributed by atoms with Gasteiger partial charge in [-0.25, -0.2) is 8.78 Å². The maximum absolute atomic E-state index is 12.6. The summed E-state index contributed by atoms with van der Waals surface area (Å²) in [6, 6.07) is 6.13. The zero-order valence-corrected chi connectivity index (χ0v) is 10.1.